The highest BCUT2D eigenvalue weighted by Gasteiger charge is 2.07. The lowest BCUT2D eigenvalue weighted by atomic mass is 10.2. The Morgan fingerprint density at radius 3 is 2.46 bits per heavy atom. The summed E-state index contributed by atoms with van der Waals surface area (Å²) in [6.45, 7) is -0.149. The summed E-state index contributed by atoms with van der Waals surface area (Å²) < 4.78 is 10.5. The Bertz CT molecular complexity index is 816. The maximum Gasteiger partial charge on any atom is 0.262 e. The van der Waals surface area contributed by atoms with Crippen LogP contribution in [0.4, 0.5) is 5.69 Å². The van der Waals surface area contributed by atoms with E-state index in [4.69, 9.17) is 32.4 Å². The number of nitrogens with one attached hydrogen (secondary N) is 1. The Hall–Kier alpha value is -2.57. The molecule has 0 bridgehead atoms. The van der Waals surface area contributed by atoms with E-state index in [2.05, 4.69) is 15.5 Å². The summed E-state index contributed by atoms with van der Waals surface area (Å²) in [5.74, 6) is 0.629. The normalized spacial score (nSPS) is 10.4. The van der Waals surface area contributed by atoms with Gasteiger partial charge in [-0.3, -0.25) is 4.79 Å². The van der Waals surface area contributed by atoms with Gasteiger partial charge in [0.2, 0.25) is 12.3 Å². The molecular formula is C16H11Cl2N3O3. The fourth-order valence-electron chi connectivity index (χ4n) is 1.96. The highest BCUT2D eigenvalue weighted by Crippen LogP contribution is 2.23. The summed E-state index contributed by atoms with van der Waals surface area (Å²) in [5, 5.41) is 11.0. The fourth-order valence-corrected chi connectivity index (χ4v) is 2.49. The van der Waals surface area contributed by atoms with Gasteiger partial charge in [-0.15, -0.1) is 10.2 Å². The van der Waals surface area contributed by atoms with Crippen molar-refractivity contribution in [1.29, 1.82) is 0 Å². The molecule has 0 fully saturated rings. The molecule has 1 amide bonds. The van der Waals surface area contributed by atoms with Gasteiger partial charge in [0.1, 0.15) is 5.75 Å². The van der Waals surface area contributed by atoms with Gasteiger partial charge in [0, 0.05) is 21.3 Å². The summed E-state index contributed by atoms with van der Waals surface area (Å²) in [6, 6.07) is 11.7. The zero-order valence-electron chi connectivity index (χ0n) is 12.2. The van der Waals surface area contributed by atoms with Crippen LogP contribution < -0.4 is 10.1 Å². The molecule has 1 N–H and O–H groups in total. The van der Waals surface area contributed by atoms with Crippen LogP contribution in [0.1, 0.15) is 0 Å². The predicted molar refractivity (Wildman–Crippen MR) is 90.3 cm³/mol. The molecule has 0 saturated heterocycles. The zero-order chi connectivity index (χ0) is 16.9. The topological polar surface area (TPSA) is 77.2 Å². The van der Waals surface area contributed by atoms with Gasteiger partial charge < -0.3 is 14.5 Å². The maximum atomic E-state index is 11.9. The Morgan fingerprint density at radius 2 is 1.83 bits per heavy atom. The van der Waals surface area contributed by atoms with Crippen molar-refractivity contribution in [2.75, 3.05) is 11.9 Å². The molecule has 0 aliphatic rings. The number of nitrogens with zero attached hydrogens (tertiary/aromatic N) is 2. The molecule has 3 rings (SSSR count). The second-order valence-electron chi connectivity index (χ2n) is 4.76. The number of benzene rings is 2. The molecule has 2 aromatic carbocycles. The third kappa shape index (κ3) is 4.24. The molecule has 0 aliphatic heterocycles. The van der Waals surface area contributed by atoms with Gasteiger partial charge in [-0.1, -0.05) is 23.2 Å². The van der Waals surface area contributed by atoms with Gasteiger partial charge in [0.15, 0.2) is 6.61 Å². The summed E-state index contributed by atoms with van der Waals surface area (Å²) in [7, 11) is 0. The predicted octanol–water partition coefficient (Wildman–Crippen LogP) is 4.06. The first-order chi connectivity index (χ1) is 11.6. The summed E-state index contributed by atoms with van der Waals surface area (Å²) in [6.07, 6.45) is 1.26. The van der Waals surface area contributed by atoms with Gasteiger partial charge >= 0.3 is 0 Å². The number of hydrogen-bond acceptors (Lipinski definition) is 5. The second-order valence-corrected chi connectivity index (χ2v) is 5.64. The molecule has 0 radical (unpaired) electrons. The fraction of sp³-hybridized carbons (Fsp3) is 0.0625. The van der Waals surface area contributed by atoms with Crippen LogP contribution in [-0.4, -0.2) is 22.7 Å². The van der Waals surface area contributed by atoms with Crippen LogP contribution >= 0.6 is 23.2 Å². The molecule has 6 nitrogen and oxygen atoms in total. The maximum absolute atomic E-state index is 11.9. The minimum Gasteiger partial charge on any atom is -0.484 e. The van der Waals surface area contributed by atoms with E-state index in [0.717, 1.165) is 5.56 Å². The smallest absolute Gasteiger partial charge is 0.262 e. The molecule has 8 heteroatoms. The van der Waals surface area contributed by atoms with E-state index < -0.39 is 0 Å². The second kappa shape index (κ2) is 7.33. The number of carbonyl (C=O) groups excluding carboxylic acids is 1. The van der Waals surface area contributed by atoms with Gasteiger partial charge in [-0.25, -0.2) is 0 Å². The summed E-state index contributed by atoms with van der Waals surface area (Å²) in [5.41, 5.74) is 1.27. The minimum absolute atomic E-state index is 0.149. The molecule has 0 unspecified atom stereocenters. The number of anilines is 1. The van der Waals surface area contributed by atoms with Crippen molar-refractivity contribution >= 4 is 34.8 Å². The molecule has 24 heavy (non-hydrogen) atoms. The Balaban J connectivity index is 1.56. The van der Waals surface area contributed by atoms with Crippen LogP contribution in [0, 0.1) is 0 Å². The van der Waals surface area contributed by atoms with Gasteiger partial charge in [0.05, 0.1) is 0 Å². The van der Waals surface area contributed by atoms with Gasteiger partial charge in [-0.2, -0.15) is 0 Å². The number of aromatic nitrogens is 2. The molecule has 1 aromatic heterocycles. The monoisotopic (exact) mass is 363 g/mol. The molecule has 0 spiro atoms. The number of ether oxygens (including phenoxy) is 1. The molecule has 0 aliphatic carbocycles. The third-order valence-electron chi connectivity index (χ3n) is 2.98. The standard InChI is InChI=1S/C16H11Cl2N3O3/c17-11-5-12(18)7-13(6-11)20-15(22)8-23-14-3-1-10(2-4-14)16-21-19-9-24-16/h1-7,9H,8H2,(H,20,22). The first-order valence-electron chi connectivity index (χ1n) is 6.85. The first kappa shape index (κ1) is 16.3. The van der Waals surface area contributed by atoms with Gasteiger partial charge in [0.25, 0.3) is 5.91 Å². The lowest BCUT2D eigenvalue weighted by molar-refractivity contribution is -0.118. The first-order valence-corrected chi connectivity index (χ1v) is 7.61. The van der Waals surface area contributed by atoms with Gasteiger partial charge in [-0.05, 0) is 42.5 Å². The van der Waals surface area contributed by atoms with E-state index in [1.165, 1.54) is 6.39 Å². The Morgan fingerprint density at radius 1 is 1.12 bits per heavy atom. The summed E-state index contributed by atoms with van der Waals surface area (Å²) >= 11 is 11.8. The van der Waals surface area contributed by atoms with Crippen molar-refractivity contribution in [3.8, 4) is 17.2 Å². The quantitative estimate of drug-likeness (QED) is 0.739. The number of rotatable bonds is 5. The number of carbonyl (C=O) groups is 1. The van der Waals surface area contributed by atoms with Crippen molar-refractivity contribution in [2.45, 2.75) is 0 Å². The van der Waals surface area contributed by atoms with E-state index >= 15 is 0 Å². The van der Waals surface area contributed by atoms with Crippen molar-refractivity contribution in [1.82, 2.24) is 10.2 Å². The van der Waals surface area contributed by atoms with E-state index in [1.54, 1.807) is 42.5 Å². The molecule has 0 saturated carbocycles. The highest BCUT2D eigenvalue weighted by molar-refractivity contribution is 6.35. The Labute approximate surface area is 147 Å². The van der Waals surface area contributed by atoms with Crippen LogP contribution in [0.25, 0.3) is 11.5 Å². The minimum atomic E-state index is -0.325. The van der Waals surface area contributed by atoms with E-state index in [-0.39, 0.29) is 12.5 Å². The molecule has 122 valence electrons. The number of amides is 1. The highest BCUT2D eigenvalue weighted by atomic mass is 35.5. The number of halogens is 2. The van der Waals surface area contributed by atoms with Crippen LogP contribution in [0.3, 0.4) is 0 Å². The molecule has 3 aromatic rings. The molecule has 0 atom stereocenters. The largest absolute Gasteiger partial charge is 0.484 e. The van der Waals surface area contributed by atoms with E-state index in [1.807, 2.05) is 0 Å². The van der Waals surface area contributed by atoms with Crippen LogP contribution in [-0.2, 0) is 4.79 Å². The average Bonchev–Trinajstić information content (AvgIpc) is 3.07. The SMILES string of the molecule is O=C(COc1ccc(-c2nnco2)cc1)Nc1cc(Cl)cc(Cl)c1. The van der Waals surface area contributed by atoms with Crippen molar-refractivity contribution in [2.24, 2.45) is 0 Å². The lowest BCUT2D eigenvalue weighted by Gasteiger charge is -2.08. The van der Waals surface area contributed by atoms with Crippen LogP contribution in [0.5, 0.6) is 5.75 Å². The number of hydrogen-bond donors (Lipinski definition) is 1. The van der Waals surface area contributed by atoms with E-state index in [9.17, 15) is 4.79 Å². The van der Waals surface area contributed by atoms with E-state index in [0.29, 0.717) is 27.4 Å². The van der Waals surface area contributed by atoms with Crippen molar-refractivity contribution < 1.29 is 13.9 Å². The van der Waals surface area contributed by atoms with Crippen LogP contribution in [0.2, 0.25) is 10.0 Å². The lowest BCUT2D eigenvalue weighted by Crippen LogP contribution is -2.20. The zero-order valence-corrected chi connectivity index (χ0v) is 13.7. The molecule has 1 heterocycles. The molecular weight excluding hydrogens is 353 g/mol. The third-order valence-corrected chi connectivity index (χ3v) is 3.41. The Kier molecular flexibility index (Phi) is 4.98. The average molecular weight is 364 g/mol. The van der Waals surface area contributed by atoms with Crippen molar-refractivity contribution in [3.63, 3.8) is 0 Å². The summed E-state index contributed by atoms with van der Waals surface area (Å²) in [4.78, 5) is 11.9. The van der Waals surface area contributed by atoms with Crippen molar-refractivity contribution in [3.05, 3.63) is 58.9 Å². The van der Waals surface area contributed by atoms with Crippen LogP contribution in [0.15, 0.2) is 53.3 Å².